The first-order chi connectivity index (χ1) is 11.0. The van der Waals surface area contributed by atoms with E-state index in [2.05, 4.69) is 65.8 Å². The largest absolute Gasteiger partial charge is 0.507 e. The van der Waals surface area contributed by atoms with E-state index in [0.29, 0.717) is 5.75 Å². The van der Waals surface area contributed by atoms with Gasteiger partial charge < -0.3 is 9.84 Å². The molecule has 2 aromatic rings. The minimum atomic E-state index is -0.118. The Morgan fingerprint density at radius 3 is 1.88 bits per heavy atom. The van der Waals surface area contributed by atoms with E-state index < -0.39 is 0 Å². The molecule has 0 aliphatic carbocycles. The summed E-state index contributed by atoms with van der Waals surface area (Å²) >= 11 is 0. The molecule has 2 nitrogen and oxygen atoms in total. The molecule has 2 heteroatoms. The molecule has 2 rings (SSSR count). The van der Waals surface area contributed by atoms with Gasteiger partial charge in [0.1, 0.15) is 11.5 Å². The SMILES string of the molecule is COc1ccc(Cc2ccc(C(C)(C)C)c(O)c2C(C)(C)C)cc1. The van der Waals surface area contributed by atoms with Crippen LogP contribution in [-0.4, -0.2) is 12.2 Å². The number of phenolic OH excluding ortho intramolecular Hbond substituents is 1. The normalized spacial score (nSPS) is 12.3. The number of hydrogen-bond donors (Lipinski definition) is 1. The van der Waals surface area contributed by atoms with E-state index in [9.17, 15) is 5.11 Å². The van der Waals surface area contributed by atoms with E-state index in [-0.39, 0.29) is 10.8 Å². The Bertz CT molecular complexity index is 698. The summed E-state index contributed by atoms with van der Waals surface area (Å²) in [6.45, 7) is 12.9. The zero-order chi connectivity index (χ0) is 18.1. The standard InChI is InChI=1S/C22H30O2/c1-21(2,3)18-13-10-16(19(20(18)23)22(4,5)6)14-15-8-11-17(24-7)12-9-15/h8-13,23H,14H2,1-7H3. The second-order valence-corrected chi connectivity index (χ2v) is 8.52. The predicted octanol–water partition coefficient (Wildman–Crippen LogP) is 5.59. The van der Waals surface area contributed by atoms with E-state index in [1.165, 1.54) is 11.1 Å². The lowest BCUT2D eigenvalue weighted by Gasteiger charge is -2.29. The molecular weight excluding hydrogens is 296 g/mol. The van der Waals surface area contributed by atoms with Crippen LogP contribution in [0.5, 0.6) is 11.5 Å². The average molecular weight is 326 g/mol. The van der Waals surface area contributed by atoms with Gasteiger partial charge in [0.2, 0.25) is 0 Å². The highest BCUT2D eigenvalue weighted by atomic mass is 16.5. The molecule has 0 aromatic heterocycles. The van der Waals surface area contributed by atoms with E-state index in [4.69, 9.17) is 4.74 Å². The van der Waals surface area contributed by atoms with Gasteiger partial charge in [0.05, 0.1) is 7.11 Å². The summed E-state index contributed by atoms with van der Waals surface area (Å²) in [5.74, 6) is 1.31. The van der Waals surface area contributed by atoms with E-state index in [0.717, 1.165) is 23.3 Å². The lowest BCUT2D eigenvalue weighted by atomic mass is 9.76. The number of hydrogen-bond acceptors (Lipinski definition) is 2. The van der Waals surface area contributed by atoms with Gasteiger partial charge in [0.25, 0.3) is 0 Å². The highest BCUT2D eigenvalue weighted by molar-refractivity contribution is 5.52. The Kier molecular flexibility index (Phi) is 4.98. The smallest absolute Gasteiger partial charge is 0.123 e. The molecule has 2 aromatic carbocycles. The third-order valence-corrected chi connectivity index (χ3v) is 4.38. The molecule has 0 spiro atoms. The molecule has 1 N–H and O–H groups in total. The van der Waals surface area contributed by atoms with Gasteiger partial charge in [-0.3, -0.25) is 0 Å². The van der Waals surface area contributed by atoms with E-state index >= 15 is 0 Å². The molecule has 130 valence electrons. The molecule has 0 aliphatic heterocycles. The molecule has 0 amide bonds. The fourth-order valence-corrected chi connectivity index (χ4v) is 3.19. The number of methoxy groups -OCH3 is 1. The molecule has 0 saturated heterocycles. The minimum absolute atomic E-state index is 0.0806. The Hall–Kier alpha value is -1.96. The van der Waals surface area contributed by atoms with Gasteiger partial charge >= 0.3 is 0 Å². The molecule has 0 radical (unpaired) electrons. The van der Waals surface area contributed by atoms with Gasteiger partial charge in [0, 0.05) is 5.56 Å². The van der Waals surface area contributed by atoms with Crippen LogP contribution < -0.4 is 4.74 Å². The van der Waals surface area contributed by atoms with E-state index in [1.54, 1.807) is 7.11 Å². The van der Waals surface area contributed by atoms with Gasteiger partial charge in [-0.1, -0.05) is 65.8 Å². The van der Waals surface area contributed by atoms with Crippen LogP contribution in [0.4, 0.5) is 0 Å². The van der Waals surface area contributed by atoms with Crippen molar-refractivity contribution in [3.05, 3.63) is 58.7 Å². The van der Waals surface area contributed by atoms with Crippen molar-refractivity contribution in [2.24, 2.45) is 0 Å². The highest BCUT2D eigenvalue weighted by Gasteiger charge is 2.28. The zero-order valence-corrected chi connectivity index (χ0v) is 16.0. The molecule has 0 saturated carbocycles. The van der Waals surface area contributed by atoms with Crippen molar-refractivity contribution < 1.29 is 9.84 Å². The van der Waals surface area contributed by atoms with Crippen molar-refractivity contribution in [1.29, 1.82) is 0 Å². The van der Waals surface area contributed by atoms with Crippen molar-refractivity contribution in [3.8, 4) is 11.5 Å². The van der Waals surface area contributed by atoms with E-state index in [1.807, 2.05) is 12.1 Å². The second-order valence-electron chi connectivity index (χ2n) is 8.52. The molecule has 0 atom stereocenters. The quantitative estimate of drug-likeness (QED) is 0.797. The summed E-state index contributed by atoms with van der Waals surface area (Å²) < 4.78 is 5.23. The van der Waals surface area contributed by atoms with Crippen molar-refractivity contribution >= 4 is 0 Å². The van der Waals surface area contributed by atoms with Crippen LogP contribution >= 0.6 is 0 Å². The molecule has 0 heterocycles. The fraction of sp³-hybridized carbons (Fsp3) is 0.455. The van der Waals surface area contributed by atoms with Crippen LogP contribution in [0, 0.1) is 0 Å². The summed E-state index contributed by atoms with van der Waals surface area (Å²) in [7, 11) is 1.68. The maximum atomic E-state index is 11.0. The van der Waals surface area contributed by atoms with Gasteiger partial charge in [0.15, 0.2) is 0 Å². The van der Waals surface area contributed by atoms with Crippen molar-refractivity contribution in [2.45, 2.75) is 58.8 Å². The van der Waals surface area contributed by atoms with Crippen molar-refractivity contribution in [1.82, 2.24) is 0 Å². The van der Waals surface area contributed by atoms with Gasteiger partial charge in [-0.25, -0.2) is 0 Å². The van der Waals surface area contributed by atoms with Crippen LogP contribution in [-0.2, 0) is 17.3 Å². The first kappa shape index (κ1) is 18.4. The summed E-state index contributed by atoms with van der Waals surface area (Å²) in [6, 6.07) is 12.4. The molecular formula is C22H30O2. The fourth-order valence-electron chi connectivity index (χ4n) is 3.19. The average Bonchev–Trinajstić information content (AvgIpc) is 2.45. The van der Waals surface area contributed by atoms with Gasteiger partial charge in [-0.05, 0) is 46.1 Å². The molecule has 24 heavy (non-hydrogen) atoms. The lowest BCUT2D eigenvalue weighted by Crippen LogP contribution is -2.19. The molecule has 0 bridgehead atoms. The number of rotatable bonds is 3. The Balaban J connectivity index is 2.51. The third-order valence-electron chi connectivity index (χ3n) is 4.38. The van der Waals surface area contributed by atoms with Crippen molar-refractivity contribution in [2.75, 3.05) is 7.11 Å². The first-order valence-electron chi connectivity index (χ1n) is 8.53. The third kappa shape index (κ3) is 3.92. The topological polar surface area (TPSA) is 29.5 Å². The van der Waals surface area contributed by atoms with Gasteiger partial charge in [-0.15, -0.1) is 0 Å². The van der Waals surface area contributed by atoms with Crippen LogP contribution in [0.2, 0.25) is 0 Å². The summed E-state index contributed by atoms with van der Waals surface area (Å²) in [6.07, 6.45) is 0.800. The maximum absolute atomic E-state index is 11.0. The molecule has 0 aliphatic rings. The van der Waals surface area contributed by atoms with Crippen molar-refractivity contribution in [3.63, 3.8) is 0 Å². The number of aromatic hydroxyl groups is 1. The highest BCUT2D eigenvalue weighted by Crippen LogP contribution is 2.41. The zero-order valence-electron chi connectivity index (χ0n) is 16.0. The number of ether oxygens (including phenoxy) is 1. The summed E-state index contributed by atoms with van der Waals surface area (Å²) in [5, 5.41) is 11.0. The Morgan fingerprint density at radius 2 is 1.42 bits per heavy atom. The van der Waals surface area contributed by atoms with Gasteiger partial charge in [-0.2, -0.15) is 0 Å². The first-order valence-corrected chi connectivity index (χ1v) is 8.53. The predicted molar refractivity (Wildman–Crippen MR) is 101 cm³/mol. The minimum Gasteiger partial charge on any atom is -0.507 e. The summed E-state index contributed by atoms with van der Waals surface area (Å²) in [4.78, 5) is 0. The second kappa shape index (κ2) is 6.51. The lowest BCUT2D eigenvalue weighted by molar-refractivity contribution is 0.414. The molecule has 0 fully saturated rings. The number of benzene rings is 2. The van der Waals surface area contributed by atoms with Crippen LogP contribution in [0.25, 0.3) is 0 Å². The summed E-state index contributed by atoms with van der Waals surface area (Å²) in [5.41, 5.74) is 4.25. The monoisotopic (exact) mass is 326 g/mol. The maximum Gasteiger partial charge on any atom is 0.123 e. The number of phenols is 1. The van der Waals surface area contributed by atoms with Crippen LogP contribution in [0.3, 0.4) is 0 Å². The van der Waals surface area contributed by atoms with Crippen LogP contribution in [0.1, 0.15) is 63.8 Å². The Labute approximate surface area is 146 Å². The Morgan fingerprint density at radius 1 is 0.833 bits per heavy atom. The van der Waals surface area contributed by atoms with Crippen LogP contribution in [0.15, 0.2) is 36.4 Å². The molecule has 0 unspecified atom stereocenters.